The molecule has 20 heavy (non-hydrogen) atoms. The van der Waals surface area contributed by atoms with E-state index >= 15 is 0 Å². The van der Waals surface area contributed by atoms with Crippen LogP contribution in [0, 0.1) is 11.8 Å². The summed E-state index contributed by atoms with van der Waals surface area (Å²) < 4.78 is 0. The van der Waals surface area contributed by atoms with Crippen molar-refractivity contribution in [2.45, 2.75) is 39.5 Å². The molecule has 5 heteroatoms. The van der Waals surface area contributed by atoms with Crippen molar-refractivity contribution in [3.63, 3.8) is 0 Å². The fourth-order valence-electron chi connectivity index (χ4n) is 3.02. The average Bonchev–Trinajstić information content (AvgIpc) is 2.46. The van der Waals surface area contributed by atoms with Crippen LogP contribution in [0.25, 0.3) is 0 Å². The van der Waals surface area contributed by atoms with Gasteiger partial charge in [-0.15, -0.1) is 0 Å². The van der Waals surface area contributed by atoms with E-state index in [-0.39, 0.29) is 11.9 Å². The number of rotatable bonds is 2. The van der Waals surface area contributed by atoms with Crippen molar-refractivity contribution in [1.82, 2.24) is 15.1 Å². The van der Waals surface area contributed by atoms with Gasteiger partial charge in [0, 0.05) is 39.6 Å². The first-order valence-electron chi connectivity index (χ1n) is 7.84. The van der Waals surface area contributed by atoms with Crippen molar-refractivity contribution in [3.05, 3.63) is 0 Å². The number of hydrogen-bond acceptors (Lipinski definition) is 2. The number of urea groups is 1. The van der Waals surface area contributed by atoms with Crippen LogP contribution in [-0.2, 0) is 4.79 Å². The Kier molecular flexibility index (Phi) is 5.26. The molecule has 2 rings (SSSR count). The Morgan fingerprint density at radius 3 is 2.00 bits per heavy atom. The molecule has 114 valence electrons. The minimum atomic E-state index is 0.0333. The van der Waals surface area contributed by atoms with Gasteiger partial charge in [-0.05, 0) is 37.5 Å². The monoisotopic (exact) mass is 281 g/mol. The summed E-state index contributed by atoms with van der Waals surface area (Å²) in [6.45, 7) is 8.03. The normalized spacial score (nSPS) is 21.9. The summed E-state index contributed by atoms with van der Waals surface area (Å²) >= 11 is 0. The van der Waals surface area contributed by atoms with Gasteiger partial charge in [-0.2, -0.15) is 0 Å². The first-order valence-corrected chi connectivity index (χ1v) is 7.84. The Balaban J connectivity index is 1.73. The van der Waals surface area contributed by atoms with Crippen molar-refractivity contribution in [2.75, 3.05) is 32.7 Å². The fourth-order valence-corrected chi connectivity index (χ4v) is 3.02. The van der Waals surface area contributed by atoms with Crippen LogP contribution >= 0.6 is 0 Å². The molecule has 0 aromatic rings. The Morgan fingerprint density at radius 1 is 1.00 bits per heavy atom. The van der Waals surface area contributed by atoms with E-state index in [0.29, 0.717) is 5.92 Å². The lowest BCUT2D eigenvalue weighted by molar-refractivity contribution is -0.119. The zero-order valence-corrected chi connectivity index (χ0v) is 12.7. The highest BCUT2D eigenvalue weighted by Gasteiger charge is 2.28. The van der Waals surface area contributed by atoms with Crippen molar-refractivity contribution in [2.24, 2.45) is 11.8 Å². The maximum atomic E-state index is 12.4. The van der Waals surface area contributed by atoms with Gasteiger partial charge in [-0.25, -0.2) is 4.79 Å². The van der Waals surface area contributed by atoms with Crippen LogP contribution in [0.4, 0.5) is 4.79 Å². The summed E-state index contributed by atoms with van der Waals surface area (Å²) in [5, 5.41) is 2.87. The predicted molar refractivity (Wildman–Crippen MR) is 78.3 cm³/mol. The first kappa shape index (κ1) is 15.1. The third-order valence-electron chi connectivity index (χ3n) is 4.58. The van der Waals surface area contributed by atoms with Gasteiger partial charge in [-0.3, -0.25) is 4.79 Å². The molecule has 0 radical (unpaired) electrons. The molecule has 0 bridgehead atoms. The molecule has 1 N–H and O–H groups in total. The van der Waals surface area contributed by atoms with E-state index in [1.54, 1.807) is 6.92 Å². The van der Waals surface area contributed by atoms with E-state index in [0.717, 1.165) is 64.3 Å². The first-order chi connectivity index (χ1) is 9.56. The Labute approximate surface area is 121 Å². The predicted octanol–water partition coefficient (Wildman–Crippen LogP) is 1.69. The molecular weight excluding hydrogens is 254 g/mol. The molecule has 0 aromatic carbocycles. The van der Waals surface area contributed by atoms with Gasteiger partial charge < -0.3 is 15.1 Å². The quantitative estimate of drug-likeness (QED) is 0.837. The fraction of sp³-hybridized carbons (Fsp3) is 0.867. The van der Waals surface area contributed by atoms with Crippen LogP contribution in [0.5, 0.6) is 0 Å². The third kappa shape index (κ3) is 4.12. The van der Waals surface area contributed by atoms with Gasteiger partial charge in [0.2, 0.25) is 5.91 Å². The lowest BCUT2D eigenvalue weighted by atomic mass is 9.96. The minimum Gasteiger partial charge on any atom is -0.356 e. The van der Waals surface area contributed by atoms with Gasteiger partial charge in [0.05, 0.1) is 0 Å². The van der Waals surface area contributed by atoms with Crippen molar-refractivity contribution in [1.29, 1.82) is 0 Å². The molecular formula is C15H27N3O2. The summed E-state index contributed by atoms with van der Waals surface area (Å²) in [6.07, 6.45) is 4.25. The molecule has 2 aliphatic heterocycles. The molecule has 0 spiro atoms. The lowest BCUT2D eigenvalue weighted by Gasteiger charge is -2.38. The summed E-state index contributed by atoms with van der Waals surface area (Å²) in [4.78, 5) is 27.3. The second-order valence-corrected chi connectivity index (χ2v) is 6.32. The summed E-state index contributed by atoms with van der Waals surface area (Å²) in [5.41, 5.74) is 0. The molecule has 2 fully saturated rings. The van der Waals surface area contributed by atoms with Gasteiger partial charge in [0.15, 0.2) is 0 Å². The summed E-state index contributed by atoms with van der Waals surface area (Å²) in [6, 6.07) is 0.217. The van der Waals surface area contributed by atoms with Crippen molar-refractivity contribution in [3.8, 4) is 0 Å². The smallest absolute Gasteiger partial charge is 0.319 e. The molecule has 2 aliphatic rings. The zero-order chi connectivity index (χ0) is 14.5. The minimum absolute atomic E-state index is 0.0333. The second kappa shape index (κ2) is 6.95. The Bertz CT molecular complexity index is 343. The van der Waals surface area contributed by atoms with E-state index < -0.39 is 0 Å². The number of carbonyl (C=O) groups excluding carboxylic acids is 2. The van der Waals surface area contributed by atoms with Crippen LogP contribution in [0.1, 0.15) is 39.5 Å². The molecule has 0 aliphatic carbocycles. The number of piperidine rings is 2. The largest absolute Gasteiger partial charge is 0.356 e. The maximum absolute atomic E-state index is 12.4. The number of carbonyl (C=O) groups is 2. The van der Waals surface area contributed by atoms with E-state index in [1.807, 2.05) is 9.80 Å². The van der Waals surface area contributed by atoms with E-state index in [2.05, 4.69) is 12.2 Å². The topological polar surface area (TPSA) is 52.7 Å². The molecule has 2 heterocycles. The average molecular weight is 281 g/mol. The number of likely N-dealkylation sites (tertiary alicyclic amines) is 2. The van der Waals surface area contributed by atoms with Gasteiger partial charge >= 0.3 is 6.03 Å². The van der Waals surface area contributed by atoms with Gasteiger partial charge in [0.25, 0.3) is 0 Å². The second-order valence-electron chi connectivity index (χ2n) is 6.32. The van der Waals surface area contributed by atoms with Crippen LogP contribution in [0.2, 0.25) is 0 Å². The summed E-state index contributed by atoms with van der Waals surface area (Å²) in [7, 11) is 0. The van der Waals surface area contributed by atoms with Crippen LogP contribution in [0.3, 0.4) is 0 Å². The van der Waals surface area contributed by atoms with Crippen LogP contribution in [0.15, 0.2) is 0 Å². The van der Waals surface area contributed by atoms with E-state index in [1.165, 1.54) is 0 Å². The Morgan fingerprint density at radius 2 is 1.50 bits per heavy atom. The standard InChI is InChI=1S/C15H27N3O2/c1-12-3-7-17(8-4-12)15(20)18-9-5-14(6-10-18)11-16-13(2)19/h12,14H,3-11H2,1-2H3,(H,16,19). The maximum Gasteiger partial charge on any atom is 0.319 e. The molecule has 0 saturated carbocycles. The number of nitrogens with one attached hydrogen (secondary N) is 1. The lowest BCUT2D eigenvalue weighted by Crippen LogP contribution is -2.49. The van der Waals surface area contributed by atoms with Crippen molar-refractivity contribution < 1.29 is 9.59 Å². The van der Waals surface area contributed by atoms with Crippen LogP contribution in [-0.4, -0.2) is 54.5 Å². The van der Waals surface area contributed by atoms with Crippen molar-refractivity contribution >= 4 is 11.9 Å². The molecule has 0 atom stereocenters. The zero-order valence-electron chi connectivity index (χ0n) is 12.7. The number of amides is 3. The number of hydrogen-bond donors (Lipinski definition) is 1. The van der Waals surface area contributed by atoms with Crippen LogP contribution < -0.4 is 5.32 Å². The van der Waals surface area contributed by atoms with E-state index in [9.17, 15) is 9.59 Å². The molecule has 0 unspecified atom stereocenters. The molecule has 0 aromatic heterocycles. The molecule has 2 saturated heterocycles. The summed E-state index contributed by atoms with van der Waals surface area (Å²) in [5.74, 6) is 1.30. The molecule has 5 nitrogen and oxygen atoms in total. The molecule has 3 amide bonds. The highest BCUT2D eigenvalue weighted by atomic mass is 16.2. The number of nitrogens with zero attached hydrogens (tertiary/aromatic N) is 2. The van der Waals surface area contributed by atoms with Gasteiger partial charge in [-0.1, -0.05) is 6.92 Å². The van der Waals surface area contributed by atoms with E-state index in [4.69, 9.17) is 0 Å². The highest BCUT2D eigenvalue weighted by Crippen LogP contribution is 2.21. The van der Waals surface area contributed by atoms with Gasteiger partial charge in [0.1, 0.15) is 0 Å². The SMILES string of the molecule is CC(=O)NCC1CCN(C(=O)N2CCC(C)CC2)CC1. The third-order valence-corrected chi connectivity index (χ3v) is 4.58. The highest BCUT2D eigenvalue weighted by molar-refractivity contribution is 5.74. The Hall–Kier alpha value is -1.26.